The fourth-order valence-electron chi connectivity index (χ4n) is 5.57. The average molecular weight is 274 g/mol. The van der Waals surface area contributed by atoms with Crippen molar-refractivity contribution in [3.05, 3.63) is 24.3 Å². The van der Waals surface area contributed by atoms with Gasteiger partial charge < -0.3 is 5.11 Å². The highest BCUT2D eigenvalue weighted by atomic mass is 16.3. The molecule has 112 valence electrons. The van der Waals surface area contributed by atoms with Crippen LogP contribution in [0.15, 0.2) is 24.3 Å². The topological polar surface area (TPSA) is 20.2 Å². The summed E-state index contributed by atoms with van der Waals surface area (Å²) < 4.78 is 0. The smallest absolute Gasteiger partial charge is 0.0656 e. The quantitative estimate of drug-likeness (QED) is 0.677. The molecule has 0 amide bonds. The zero-order valence-electron chi connectivity index (χ0n) is 13.4. The number of aliphatic hydroxyl groups is 1. The SMILES string of the molecule is C=C[C@@]1(C)CC[C@H]2C(=CC[C@@H]3[C@]2(C)CCC[C@@]3(C)O)C1. The molecule has 0 bridgehead atoms. The summed E-state index contributed by atoms with van der Waals surface area (Å²) in [7, 11) is 0. The summed E-state index contributed by atoms with van der Waals surface area (Å²) in [5.41, 5.74) is 1.81. The Kier molecular flexibility index (Phi) is 3.21. The standard InChI is InChI=1S/C19H30O/c1-5-17(2)12-9-15-14(13-17)7-8-16-18(15,3)10-6-11-19(16,4)20/h5,7,15-16,20H,1,6,8-13H2,2-4H3/t15-,16+,17-,18+,19+/m0/s1. The highest BCUT2D eigenvalue weighted by molar-refractivity contribution is 5.25. The van der Waals surface area contributed by atoms with Gasteiger partial charge in [0.25, 0.3) is 0 Å². The molecule has 3 aliphatic carbocycles. The zero-order chi connectivity index (χ0) is 14.6. The number of hydrogen-bond donors (Lipinski definition) is 1. The molecule has 1 heteroatoms. The van der Waals surface area contributed by atoms with E-state index in [2.05, 4.69) is 39.5 Å². The summed E-state index contributed by atoms with van der Waals surface area (Å²) in [5.74, 6) is 1.15. The van der Waals surface area contributed by atoms with Crippen LogP contribution in [0.25, 0.3) is 0 Å². The lowest BCUT2D eigenvalue weighted by Gasteiger charge is -2.58. The summed E-state index contributed by atoms with van der Waals surface area (Å²) in [6.45, 7) is 10.9. The molecule has 3 rings (SSSR count). The molecule has 0 aliphatic heterocycles. The maximum absolute atomic E-state index is 10.8. The van der Waals surface area contributed by atoms with Gasteiger partial charge in [-0.05, 0) is 68.1 Å². The Hall–Kier alpha value is -0.560. The Morgan fingerprint density at radius 1 is 1.25 bits per heavy atom. The van der Waals surface area contributed by atoms with Gasteiger partial charge in [-0.1, -0.05) is 38.0 Å². The van der Waals surface area contributed by atoms with Crippen LogP contribution in [0.5, 0.6) is 0 Å². The van der Waals surface area contributed by atoms with Crippen molar-refractivity contribution < 1.29 is 5.11 Å². The van der Waals surface area contributed by atoms with Crippen LogP contribution in [0.3, 0.4) is 0 Å². The van der Waals surface area contributed by atoms with Crippen molar-refractivity contribution in [3.8, 4) is 0 Å². The van der Waals surface area contributed by atoms with Gasteiger partial charge in [0.15, 0.2) is 0 Å². The third-order valence-electron chi connectivity index (χ3n) is 6.91. The molecule has 5 atom stereocenters. The van der Waals surface area contributed by atoms with E-state index in [1.807, 2.05) is 0 Å². The van der Waals surface area contributed by atoms with E-state index in [4.69, 9.17) is 0 Å². The third-order valence-corrected chi connectivity index (χ3v) is 6.91. The Labute approximate surface area is 124 Å². The molecule has 0 heterocycles. The molecule has 2 fully saturated rings. The van der Waals surface area contributed by atoms with Crippen LogP contribution in [0, 0.1) is 22.7 Å². The molecule has 0 spiro atoms. The van der Waals surface area contributed by atoms with Crippen LogP contribution in [0.2, 0.25) is 0 Å². The second-order valence-corrected chi connectivity index (χ2v) is 8.41. The number of hydrogen-bond acceptors (Lipinski definition) is 1. The maximum Gasteiger partial charge on any atom is 0.0656 e. The summed E-state index contributed by atoms with van der Waals surface area (Å²) >= 11 is 0. The van der Waals surface area contributed by atoms with E-state index in [0.717, 1.165) is 12.8 Å². The lowest BCUT2D eigenvalue weighted by atomic mass is 9.48. The van der Waals surface area contributed by atoms with Crippen molar-refractivity contribution in [2.75, 3.05) is 0 Å². The van der Waals surface area contributed by atoms with Crippen LogP contribution >= 0.6 is 0 Å². The van der Waals surface area contributed by atoms with Crippen LogP contribution < -0.4 is 0 Å². The predicted octanol–water partition coefficient (Wildman–Crippen LogP) is 4.87. The van der Waals surface area contributed by atoms with E-state index < -0.39 is 5.60 Å². The van der Waals surface area contributed by atoms with Gasteiger partial charge in [0.05, 0.1) is 5.60 Å². The van der Waals surface area contributed by atoms with E-state index in [1.54, 1.807) is 5.57 Å². The van der Waals surface area contributed by atoms with Gasteiger partial charge in [-0.15, -0.1) is 6.58 Å². The Balaban J connectivity index is 1.94. The average Bonchev–Trinajstić information content (AvgIpc) is 2.37. The molecule has 20 heavy (non-hydrogen) atoms. The Morgan fingerprint density at radius 3 is 2.70 bits per heavy atom. The molecule has 3 aliphatic rings. The normalized spacial score (nSPS) is 51.7. The van der Waals surface area contributed by atoms with Crippen molar-refractivity contribution in [3.63, 3.8) is 0 Å². The maximum atomic E-state index is 10.8. The van der Waals surface area contributed by atoms with Crippen molar-refractivity contribution in [1.82, 2.24) is 0 Å². The van der Waals surface area contributed by atoms with Crippen LogP contribution in [0.4, 0.5) is 0 Å². The molecule has 2 saturated carbocycles. The van der Waals surface area contributed by atoms with Crippen LogP contribution in [-0.4, -0.2) is 10.7 Å². The van der Waals surface area contributed by atoms with Crippen molar-refractivity contribution in [1.29, 1.82) is 0 Å². The van der Waals surface area contributed by atoms with Crippen molar-refractivity contribution >= 4 is 0 Å². The molecule has 0 aromatic carbocycles. The summed E-state index contributed by atoms with van der Waals surface area (Å²) in [5, 5.41) is 10.8. The zero-order valence-corrected chi connectivity index (χ0v) is 13.4. The molecule has 0 aromatic rings. The van der Waals surface area contributed by atoms with Gasteiger partial charge in [-0.25, -0.2) is 0 Å². The van der Waals surface area contributed by atoms with E-state index >= 15 is 0 Å². The van der Waals surface area contributed by atoms with Gasteiger partial charge in [0.2, 0.25) is 0 Å². The third kappa shape index (κ3) is 2.01. The first-order valence-corrected chi connectivity index (χ1v) is 8.36. The van der Waals surface area contributed by atoms with Gasteiger partial charge in [-0.3, -0.25) is 0 Å². The largest absolute Gasteiger partial charge is 0.390 e. The Bertz CT molecular complexity index is 447. The number of fused-ring (bicyclic) bond motifs is 3. The highest BCUT2D eigenvalue weighted by Gasteiger charge is 2.54. The summed E-state index contributed by atoms with van der Waals surface area (Å²) in [6, 6.07) is 0. The van der Waals surface area contributed by atoms with Gasteiger partial charge in [-0.2, -0.15) is 0 Å². The van der Waals surface area contributed by atoms with Gasteiger partial charge in [0, 0.05) is 0 Å². The molecule has 1 nitrogen and oxygen atoms in total. The minimum absolute atomic E-state index is 0.294. The van der Waals surface area contributed by atoms with Crippen LogP contribution in [-0.2, 0) is 0 Å². The monoisotopic (exact) mass is 274 g/mol. The minimum Gasteiger partial charge on any atom is -0.390 e. The Morgan fingerprint density at radius 2 is 2.00 bits per heavy atom. The van der Waals surface area contributed by atoms with Gasteiger partial charge >= 0.3 is 0 Å². The number of rotatable bonds is 1. The lowest BCUT2D eigenvalue weighted by Crippen LogP contribution is -2.54. The molecule has 0 radical (unpaired) electrons. The minimum atomic E-state index is -0.464. The summed E-state index contributed by atoms with van der Waals surface area (Å²) in [4.78, 5) is 0. The molecule has 0 aromatic heterocycles. The molecular weight excluding hydrogens is 244 g/mol. The predicted molar refractivity (Wildman–Crippen MR) is 84.4 cm³/mol. The first-order chi connectivity index (χ1) is 9.31. The second-order valence-electron chi connectivity index (χ2n) is 8.41. The molecular formula is C19H30O. The van der Waals surface area contributed by atoms with Crippen molar-refractivity contribution in [2.24, 2.45) is 22.7 Å². The molecule has 0 unspecified atom stereocenters. The van der Waals surface area contributed by atoms with Crippen molar-refractivity contribution in [2.45, 2.75) is 71.3 Å². The fraction of sp³-hybridized carbons (Fsp3) is 0.789. The van der Waals surface area contributed by atoms with E-state index in [-0.39, 0.29) is 0 Å². The lowest BCUT2D eigenvalue weighted by molar-refractivity contribution is -0.120. The van der Waals surface area contributed by atoms with E-state index in [9.17, 15) is 5.11 Å². The molecule has 0 saturated heterocycles. The summed E-state index contributed by atoms with van der Waals surface area (Å²) in [6.07, 6.45) is 12.9. The van der Waals surface area contributed by atoms with Crippen LogP contribution in [0.1, 0.15) is 65.7 Å². The fourth-order valence-corrected chi connectivity index (χ4v) is 5.57. The molecule has 1 N–H and O–H groups in total. The number of allylic oxidation sites excluding steroid dienone is 3. The second kappa shape index (κ2) is 4.47. The van der Waals surface area contributed by atoms with E-state index in [0.29, 0.717) is 22.7 Å². The van der Waals surface area contributed by atoms with Gasteiger partial charge in [0.1, 0.15) is 0 Å². The first kappa shape index (κ1) is 14.4. The first-order valence-electron chi connectivity index (χ1n) is 8.36. The highest BCUT2D eigenvalue weighted by Crippen LogP contribution is 2.61. The van der Waals surface area contributed by atoms with E-state index in [1.165, 1.54) is 32.1 Å².